The number of aromatic nitrogens is 2. The molecule has 1 saturated heterocycles. The van der Waals surface area contributed by atoms with Crippen LogP contribution in [0.5, 0.6) is 5.75 Å². The molecule has 0 atom stereocenters. The van der Waals surface area contributed by atoms with E-state index >= 15 is 0 Å². The number of nitriles is 1. The standard InChI is InChI=1S/C17H18N6O2/c18-10-12-15(21-17(20)22-16(12)19)11-4-1-2-5-13(11)25-9-8-23-7-3-6-14(23)24/h1-2,4-5H,3,6-9H2,(H4,19,20,21,22). The molecule has 1 amide bonds. The second-order valence-corrected chi connectivity index (χ2v) is 5.63. The largest absolute Gasteiger partial charge is 0.491 e. The quantitative estimate of drug-likeness (QED) is 0.836. The second-order valence-electron chi connectivity index (χ2n) is 5.63. The molecule has 25 heavy (non-hydrogen) atoms. The van der Waals surface area contributed by atoms with Gasteiger partial charge < -0.3 is 21.1 Å². The minimum Gasteiger partial charge on any atom is -0.491 e. The molecule has 0 bridgehead atoms. The molecule has 128 valence electrons. The van der Waals surface area contributed by atoms with E-state index in [9.17, 15) is 10.1 Å². The summed E-state index contributed by atoms with van der Waals surface area (Å²) in [4.78, 5) is 21.4. The normalized spacial score (nSPS) is 13.7. The van der Waals surface area contributed by atoms with Crippen molar-refractivity contribution in [3.8, 4) is 23.1 Å². The fourth-order valence-corrected chi connectivity index (χ4v) is 2.80. The van der Waals surface area contributed by atoms with Crippen LogP contribution in [-0.2, 0) is 4.79 Å². The van der Waals surface area contributed by atoms with Crippen molar-refractivity contribution in [2.45, 2.75) is 12.8 Å². The van der Waals surface area contributed by atoms with E-state index < -0.39 is 0 Å². The van der Waals surface area contributed by atoms with Crippen LogP contribution >= 0.6 is 0 Å². The number of likely N-dealkylation sites (tertiary alicyclic amines) is 1. The SMILES string of the molecule is N#Cc1c(N)nc(N)nc1-c1ccccc1OCCN1CCCC1=O. The van der Waals surface area contributed by atoms with Gasteiger partial charge >= 0.3 is 0 Å². The minimum absolute atomic E-state index is 0.0102. The van der Waals surface area contributed by atoms with Crippen molar-refractivity contribution in [2.75, 3.05) is 31.2 Å². The minimum atomic E-state index is -0.0102. The molecule has 0 spiro atoms. The predicted molar refractivity (Wildman–Crippen MR) is 92.3 cm³/mol. The maximum absolute atomic E-state index is 11.7. The highest BCUT2D eigenvalue weighted by molar-refractivity contribution is 5.78. The van der Waals surface area contributed by atoms with Crippen LogP contribution < -0.4 is 16.2 Å². The average molecular weight is 338 g/mol. The first-order chi connectivity index (χ1) is 12.1. The number of benzene rings is 1. The smallest absolute Gasteiger partial charge is 0.222 e. The van der Waals surface area contributed by atoms with Gasteiger partial charge in [0.1, 0.15) is 29.8 Å². The Morgan fingerprint density at radius 3 is 2.80 bits per heavy atom. The van der Waals surface area contributed by atoms with Crippen LogP contribution in [0.2, 0.25) is 0 Å². The van der Waals surface area contributed by atoms with Gasteiger partial charge in [0.15, 0.2) is 0 Å². The Morgan fingerprint density at radius 2 is 2.08 bits per heavy atom. The number of carbonyl (C=O) groups excluding carboxylic acids is 1. The van der Waals surface area contributed by atoms with Gasteiger partial charge in [0.05, 0.1) is 12.2 Å². The molecule has 1 aromatic carbocycles. The molecule has 1 aliphatic rings. The molecule has 0 saturated carbocycles. The highest BCUT2D eigenvalue weighted by Crippen LogP contribution is 2.32. The van der Waals surface area contributed by atoms with Crippen molar-refractivity contribution in [1.82, 2.24) is 14.9 Å². The molecule has 3 rings (SSSR count). The lowest BCUT2D eigenvalue weighted by molar-refractivity contribution is -0.128. The van der Waals surface area contributed by atoms with Crippen LogP contribution in [-0.4, -0.2) is 40.5 Å². The van der Waals surface area contributed by atoms with Crippen molar-refractivity contribution in [1.29, 1.82) is 5.26 Å². The Morgan fingerprint density at radius 1 is 1.28 bits per heavy atom. The summed E-state index contributed by atoms with van der Waals surface area (Å²) in [6, 6.07) is 9.19. The molecular formula is C17H18N6O2. The zero-order valence-electron chi connectivity index (χ0n) is 13.6. The van der Waals surface area contributed by atoms with Gasteiger partial charge in [-0.15, -0.1) is 0 Å². The Balaban J connectivity index is 1.84. The number of hydrogen-bond donors (Lipinski definition) is 2. The molecule has 0 unspecified atom stereocenters. The molecule has 8 heteroatoms. The second kappa shape index (κ2) is 7.05. The van der Waals surface area contributed by atoms with Crippen molar-refractivity contribution in [2.24, 2.45) is 0 Å². The van der Waals surface area contributed by atoms with E-state index in [2.05, 4.69) is 9.97 Å². The maximum Gasteiger partial charge on any atom is 0.222 e. The van der Waals surface area contributed by atoms with E-state index in [1.54, 1.807) is 17.0 Å². The van der Waals surface area contributed by atoms with E-state index in [-0.39, 0.29) is 23.2 Å². The summed E-state index contributed by atoms with van der Waals surface area (Å²) >= 11 is 0. The number of anilines is 2. The summed E-state index contributed by atoms with van der Waals surface area (Å²) < 4.78 is 5.84. The van der Waals surface area contributed by atoms with Crippen LogP contribution in [0, 0.1) is 11.3 Å². The number of hydrogen-bond acceptors (Lipinski definition) is 7. The average Bonchev–Trinajstić information content (AvgIpc) is 3.00. The molecule has 2 heterocycles. The summed E-state index contributed by atoms with van der Waals surface area (Å²) in [5.74, 6) is 0.717. The van der Waals surface area contributed by atoms with Crippen LogP contribution in [0.4, 0.5) is 11.8 Å². The van der Waals surface area contributed by atoms with Gasteiger partial charge in [-0.1, -0.05) is 12.1 Å². The maximum atomic E-state index is 11.7. The topological polar surface area (TPSA) is 131 Å². The zero-order valence-corrected chi connectivity index (χ0v) is 13.6. The molecule has 1 fully saturated rings. The van der Waals surface area contributed by atoms with Gasteiger partial charge in [-0.3, -0.25) is 4.79 Å². The number of amides is 1. The van der Waals surface area contributed by atoms with Crippen LogP contribution in [0.1, 0.15) is 18.4 Å². The van der Waals surface area contributed by atoms with E-state index in [0.29, 0.717) is 36.6 Å². The molecule has 0 radical (unpaired) electrons. The first kappa shape index (κ1) is 16.5. The predicted octanol–water partition coefficient (Wildman–Crippen LogP) is 1.18. The van der Waals surface area contributed by atoms with Gasteiger partial charge in [0.2, 0.25) is 11.9 Å². The van der Waals surface area contributed by atoms with E-state index in [1.165, 1.54) is 0 Å². The number of nitrogens with zero attached hydrogens (tertiary/aromatic N) is 4. The van der Waals surface area contributed by atoms with Crippen LogP contribution in [0.15, 0.2) is 24.3 Å². The monoisotopic (exact) mass is 338 g/mol. The number of carbonyl (C=O) groups is 1. The fraction of sp³-hybridized carbons (Fsp3) is 0.294. The van der Waals surface area contributed by atoms with Gasteiger partial charge in [-0.25, -0.2) is 4.98 Å². The zero-order chi connectivity index (χ0) is 17.8. The Kier molecular flexibility index (Phi) is 4.66. The third-order valence-corrected chi connectivity index (χ3v) is 4.00. The highest BCUT2D eigenvalue weighted by Gasteiger charge is 2.20. The molecule has 0 aliphatic carbocycles. The summed E-state index contributed by atoms with van der Waals surface area (Å²) in [6.45, 7) is 1.63. The number of para-hydroxylation sites is 1. The molecule has 8 nitrogen and oxygen atoms in total. The Bertz CT molecular complexity index is 846. The lowest BCUT2D eigenvalue weighted by Crippen LogP contribution is -2.29. The third kappa shape index (κ3) is 3.45. The first-order valence-corrected chi connectivity index (χ1v) is 7.93. The van der Waals surface area contributed by atoms with E-state index in [1.807, 2.05) is 18.2 Å². The third-order valence-electron chi connectivity index (χ3n) is 4.00. The van der Waals surface area contributed by atoms with Gasteiger partial charge in [0, 0.05) is 18.5 Å². The summed E-state index contributed by atoms with van der Waals surface area (Å²) in [5, 5.41) is 9.36. The Hall–Kier alpha value is -3.34. The van der Waals surface area contributed by atoms with Crippen molar-refractivity contribution >= 4 is 17.7 Å². The summed E-state index contributed by atoms with van der Waals surface area (Å²) in [5.41, 5.74) is 12.5. The summed E-state index contributed by atoms with van der Waals surface area (Å²) in [7, 11) is 0. The number of rotatable bonds is 5. The van der Waals surface area contributed by atoms with Crippen LogP contribution in [0.25, 0.3) is 11.3 Å². The molecule has 1 aliphatic heterocycles. The van der Waals surface area contributed by atoms with Crippen LogP contribution in [0.3, 0.4) is 0 Å². The summed E-state index contributed by atoms with van der Waals surface area (Å²) in [6.07, 6.45) is 1.49. The van der Waals surface area contributed by atoms with Crippen molar-refractivity contribution in [3.05, 3.63) is 29.8 Å². The van der Waals surface area contributed by atoms with Crippen molar-refractivity contribution < 1.29 is 9.53 Å². The molecule has 1 aromatic heterocycles. The molecule has 2 aromatic rings. The van der Waals surface area contributed by atoms with Crippen molar-refractivity contribution in [3.63, 3.8) is 0 Å². The number of nitrogen functional groups attached to an aromatic ring is 2. The number of ether oxygens (including phenoxy) is 1. The van der Waals surface area contributed by atoms with E-state index in [4.69, 9.17) is 16.2 Å². The highest BCUT2D eigenvalue weighted by atomic mass is 16.5. The van der Waals surface area contributed by atoms with Gasteiger partial charge in [0.25, 0.3) is 0 Å². The molecule has 4 N–H and O–H groups in total. The van der Waals surface area contributed by atoms with Gasteiger partial charge in [-0.05, 0) is 18.6 Å². The fourth-order valence-electron chi connectivity index (χ4n) is 2.80. The number of nitrogens with two attached hydrogens (primary N) is 2. The molecular weight excluding hydrogens is 320 g/mol. The lowest BCUT2D eigenvalue weighted by Gasteiger charge is -2.17. The first-order valence-electron chi connectivity index (χ1n) is 7.93. The lowest BCUT2D eigenvalue weighted by atomic mass is 10.1. The Labute approximate surface area is 145 Å². The van der Waals surface area contributed by atoms with E-state index in [0.717, 1.165) is 13.0 Å². The van der Waals surface area contributed by atoms with Gasteiger partial charge in [-0.2, -0.15) is 10.2 Å².